The largest absolute Gasteiger partial charge is 0.425 e. The van der Waals surface area contributed by atoms with Crippen molar-refractivity contribution in [1.82, 2.24) is 0 Å². The van der Waals surface area contributed by atoms with Gasteiger partial charge in [0.15, 0.2) is 5.78 Å². The van der Waals surface area contributed by atoms with E-state index in [9.17, 15) is 9.59 Å². The maximum atomic E-state index is 10.9. The zero-order chi connectivity index (χ0) is 10.6. The maximum Gasteiger partial charge on any atom is 0.337 e. The fraction of sp³-hybridized carbons (Fsp3) is 0.200. The molecule has 0 spiro atoms. The van der Waals surface area contributed by atoms with E-state index in [0.717, 1.165) is 0 Å². The van der Waals surface area contributed by atoms with Gasteiger partial charge in [0.25, 0.3) is 0 Å². The van der Waals surface area contributed by atoms with Gasteiger partial charge in [0.1, 0.15) is 12.4 Å². The fourth-order valence-electron chi connectivity index (χ4n) is 0.921. The van der Waals surface area contributed by atoms with Crippen molar-refractivity contribution in [2.24, 2.45) is 0 Å². The molecule has 0 bridgehead atoms. The van der Waals surface area contributed by atoms with E-state index in [2.05, 4.69) is 0 Å². The number of ether oxygens (including phenoxy) is 1. The predicted molar refractivity (Wildman–Crippen MR) is 49.2 cm³/mol. The van der Waals surface area contributed by atoms with Gasteiger partial charge in [0, 0.05) is 5.56 Å². The van der Waals surface area contributed by atoms with E-state index in [1.165, 1.54) is 19.1 Å². The highest BCUT2D eigenvalue weighted by Gasteiger charge is 2.03. The van der Waals surface area contributed by atoms with E-state index in [0.29, 0.717) is 11.3 Å². The number of hydrogen-bond acceptors (Lipinski definition) is 4. The van der Waals surface area contributed by atoms with Gasteiger partial charge in [-0.2, -0.15) is 0 Å². The molecule has 1 N–H and O–H groups in total. The molecule has 4 heteroatoms. The lowest BCUT2D eigenvalue weighted by Gasteiger charge is -2.02. The van der Waals surface area contributed by atoms with Crippen molar-refractivity contribution in [2.45, 2.75) is 6.92 Å². The lowest BCUT2D eigenvalue weighted by atomic mass is 10.1. The number of aliphatic hydroxyl groups is 1. The summed E-state index contributed by atoms with van der Waals surface area (Å²) in [5, 5.41) is 8.41. The second-order valence-electron chi connectivity index (χ2n) is 2.71. The molecule has 0 amide bonds. The Labute approximate surface area is 81.1 Å². The van der Waals surface area contributed by atoms with E-state index in [-0.39, 0.29) is 5.78 Å². The van der Waals surface area contributed by atoms with Crippen molar-refractivity contribution >= 4 is 11.8 Å². The summed E-state index contributed by atoms with van der Waals surface area (Å²) in [6.45, 7) is 0.795. The summed E-state index contributed by atoms with van der Waals surface area (Å²) in [7, 11) is 0. The number of rotatable bonds is 3. The standard InChI is InChI=1S/C10H10O4/c1-7(12)8-2-4-9(5-3-8)14-10(13)6-11/h2-5,11H,6H2,1H3. The minimum Gasteiger partial charge on any atom is -0.425 e. The molecular formula is C10H10O4. The van der Waals surface area contributed by atoms with E-state index in [1.807, 2.05) is 0 Å². The molecule has 0 aliphatic carbocycles. The summed E-state index contributed by atoms with van der Waals surface area (Å²) in [4.78, 5) is 21.5. The molecule has 14 heavy (non-hydrogen) atoms. The lowest BCUT2D eigenvalue weighted by molar-refractivity contribution is -0.137. The molecule has 0 radical (unpaired) electrons. The maximum absolute atomic E-state index is 10.9. The third-order valence-electron chi connectivity index (χ3n) is 1.62. The molecule has 0 aliphatic heterocycles. The summed E-state index contributed by atoms with van der Waals surface area (Å²) >= 11 is 0. The van der Waals surface area contributed by atoms with Crippen molar-refractivity contribution < 1.29 is 19.4 Å². The topological polar surface area (TPSA) is 63.6 Å². The molecular weight excluding hydrogens is 184 g/mol. The third kappa shape index (κ3) is 2.67. The van der Waals surface area contributed by atoms with Gasteiger partial charge in [-0.05, 0) is 31.2 Å². The van der Waals surface area contributed by atoms with Crippen LogP contribution in [0.25, 0.3) is 0 Å². The van der Waals surface area contributed by atoms with Crippen LogP contribution in [0.2, 0.25) is 0 Å². The lowest BCUT2D eigenvalue weighted by Crippen LogP contribution is -2.12. The Morgan fingerprint density at radius 1 is 1.29 bits per heavy atom. The average Bonchev–Trinajstić information content (AvgIpc) is 2.18. The first-order valence-corrected chi connectivity index (χ1v) is 4.06. The van der Waals surface area contributed by atoms with E-state index < -0.39 is 12.6 Å². The van der Waals surface area contributed by atoms with Crippen LogP contribution in [0.3, 0.4) is 0 Å². The number of benzene rings is 1. The number of Topliss-reactive ketones (excluding diaryl/α,β-unsaturated/α-hetero) is 1. The highest BCUT2D eigenvalue weighted by Crippen LogP contribution is 2.12. The van der Waals surface area contributed by atoms with Gasteiger partial charge in [-0.25, -0.2) is 4.79 Å². The van der Waals surface area contributed by atoms with Gasteiger partial charge in [-0.3, -0.25) is 4.79 Å². The Morgan fingerprint density at radius 2 is 1.86 bits per heavy atom. The number of carbonyl (C=O) groups is 2. The summed E-state index contributed by atoms with van der Waals surface area (Å²) in [6.07, 6.45) is 0. The SMILES string of the molecule is CC(=O)c1ccc(OC(=O)CO)cc1. The highest BCUT2D eigenvalue weighted by molar-refractivity contribution is 5.94. The molecule has 0 atom stereocenters. The van der Waals surface area contributed by atoms with Crippen molar-refractivity contribution in [2.75, 3.05) is 6.61 Å². The number of ketones is 1. The minimum atomic E-state index is -0.722. The smallest absolute Gasteiger partial charge is 0.337 e. The van der Waals surface area contributed by atoms with Crippen LogP contribution in [-0.4, -0.2) is 23.5 Å². The number of hydrogen-bond donors (Lipinski definition) is 1. The molecule has 1 aromatic rings. The number of carbonyl (C=O) groups excluding carboxylic acids is 2. The normalized spacial score (nSPS) is 9.57. The molecule has 0 fully saturated rings. The van der Waals surface area contributed by atoms with Gasteiger partial charge < -0.3 is 9.84 Å². The Kier molecular flexibility index (Phi) is 3.36. The number of aliphatic hydroxyl groups excluding tert-OH is 1. The van der Waals surface area contributed by atoms with Crippen LogP contribution in [0, 0.1) is 0 Å². The molecule has 0 aliphatic rings. The fourth-order valence-corrected chi connectivity index (χ4v) is 0.921. The summed E-state index contributed by atoms with van der Waals surface area (Å²) < 4.78 is 4.70. The van der Waals surface area contributed by atoms with Crippen LogP contribution >= 0.6 is 0 Å². The molecule has 0 unspecified atom stereocenters. The predicted octanol–water partition coefficient (Wildman–Crippen LogP) is 0.787. The molecule has 4 nitrogen and oxygen atoms in total. The van der Waals surface area contributed by atoms with Crippen molar-refractivity contribution in [3.05, 3.63) is 29.8 Å². The van der Waals surface area contributed by atoms with Crippen LogP contribution in [-0.2, 0) is 4.79 Å². The van der Waals surface area contributed by atoms with Crippen LogP contribution in [0.5, 0.6) is 5.75 Å². The van der Waals surface area contributed by atoms with Crippen molar-refractivity contribution in [3.63, 3.8) is 0 Å². The zero-order valence-electron chi connectivity index (χ0n) is 7.69. The van der Waals surface area contributed by atoms with Gasteiger partial charge in [0.2, 0.25) is 0 Å². The Balaban J connectivity index is 2.73. The Morgan fingerprint density at radius 3 is 2.29 bits per heavy atom. The molecule has 74 valence electrons. The highest BCUT2D eigenvalue weighted by atomic mass is 16.5. The van der Waals surface area contributed by atoms with Crippen LogP contribution in [0.15, 0.2) is 24.3 Å². The first kappa shape index (κ1) is 10.4. The Bertz CT molecular complexity index is 340. The minimum absolute atomic E-state index is 0.0509. The monoisotopic (exact) mass is 194 g/mol. The summed E-state index contributed by atoms with van der Waals surface area (Å²) in [5.74, 6) is -0.459. The van der Waals surface area contributed by atoms with Crippen LogP contribution in [0.4, 0.5) is 0 Å². The Hall–Kier alpha value is -1.68. The second-order valence-corrected chi connectivity index (χ2v) is 2.71. The van der Waals surface area contributed by atoms with Gasteiger partial charge in [-0.1, -0.05) is 0 Å². The zero-order valence-corrected chi connectivity index (χ0v) is 7.69. The quantitative estimate of drug-likeness (QED) is 0.439. The van der Waals surface area contributed by atoms with Gasteiger partial charge in [0.05, 0.1) is 0 Å². The van der Waals surface area contributed by atoms with Crippen molar-refractivity contribution in [1.29, 1.82) is 0 Å². The van der Waals surface area contributed by atoms with Gasteiger partial charge in [-0.15, -0.1) is 0 Å². The number of esters is 1. The van der Waals surface area contributed by atoms with E-state index >= 15 is 0 Å². The van der Waals surface area contributed by atoms with E-state index in [4.69, 9.17) is 9.84 Å². The molecule has 0 heterocycles. The van der Waals surface area contributed by atoms with Crippen LogP contribution < -0.4 is 4.74 Å². The first-order chi connectivity index (χ1) is 6.63. The molecule has 1 rings (SSSR count). The average molecular weight is 194 g/mol. The molecule has 0 saturated heterocycles. The molecule has 0 saturated carbocycles. The van der Waals surface area contributed by atoms with E-state index in [1.54, 1.807) is 12.1 Å². The molecule has 0 aromatic heterocycles. The summed E-state index contributed by atoms with van der Waals surface area (Å²) in [5.41, 5.74) is 0.550. The summed E-state index contributed by atoms with van der Waals surface area (Å²) in [6, 6.07) is 6.12. The third-order valence-corrected chi connectivity index (χ3v) is 1.62. The molecule has 1 aromatic carbocycles. The first-order valence-electron chi connectivity index (χ1n) is 4.06. The van der Waals surface area contributed by atoms with Crippen LogP contribution in [0.1, 0.15) is 17.3 Å². The second kappa shape index (κ2) is 4.53. The van der Waals surface area contributed by atoms with Gasteiger partial charge >= 0.3 is 5.97 Å². The van der Waals surface area contributed by atoms with Crippen molar-refractivity contribution in [3.8, 4) is 5.75 Å².